The fourth-order valence-corrected chi connectivity index (χ4v) is 2.23. The van der Waals surface area contributed by atoms with Crippen LogP contribution in [-0.4, -0.2) is 15.6 Å². The van der Waals surface area contributed by atoms with Gasteiger partial charge in [-0.1, -0.05) is 30.3 Å². The van der Waals surface area contributed by atoms with E-state index >= 15 is 0 Å². The molecule has 3 nitrogen and oxygen atoms in total. The molecular weight excluding hydrogens is 280 g/mol. The van der Waals surface area contributed by atoms with Crippen molar-refractivity contribution >= 4 is 21.7 Å². The van der Waals surface area contributed by atoms with Crippen molar-refractivity contribution in [2.24, 2.45) is 7.05 Å². The minimum absolute atomic E-state index is 0.106. The molecule has 0 aliphatic heterocycles. The molecule has 1 aromatic carbocycles. The van der Waals surface area contributed by atoms with Gasteiger partial charge in [0, 0.05) is 12.6 Å². The lowest BCUT2D eigenvalue weighted by atomic mass is 10.1. The highest BCUT2D eigenvalue weighted by molar-refractivity contribution is 9.10. The lowest BCUT2D eigenvalue weighted by molar-refractivity contribution is 0.0990. The lowest BCUT2D eigenvalue weighted by Crippen LogP contribution is -2.08. The number of Topliss-reactive ketones (excluding diaryl/α,β-unsaturated/α-hetero) is 1. The summed E-state index contributed by atoms with van der Waals surface area (Å²) in [6, 6.07) is 9.31. The van der Waals surface area contributed by atoms with Crippen molar-refractivity contribution in [3.8, 4) is 0 Å². The molecule has 0 amide bonds. The first-order chi connectivity index (χ1) is 8.09. The van der Waals surface area contributed by atoms with E-state index in [4.69, 9.17) is 0 Å². The van der Waals surface area contributed by atoms with Crippen molar-refractivity contribution in [3.63, 3.8) is 0 Å². The highest BCUT2D eigenvalue weighted by Crippen LogP contribution is 2.21. The first kappa shape index (κ1) is 12.0. The van der Waals surface area contributed by atoms with E-state index in [1.807, 2.05) is 44.3 Å². The lowest BCUT2D eigenvalue weighted by Gasteiger charge is -2.02. The molecule has 17 heavy (non-hydrogen) atoms. The number of nitrogens with zero attached hydrogens (tertiary/aromatic N) is 2. The number of ketones is 1. The van der Waals surface area contributed by atoms with Crippen LogP contribution in [-0.2, 0) is 13.5 Å². The number of aromatic nitrogens is 2. The van der Waals surface area contributed by atoms with Gasteiger partial charge in [0.05, 0.1) is 22.3 Å². The predicted molar refractivity (Wildman–Crippen MR) is 70.1 cm³/mol. The third-order valence-electron chi connectivity index (χ3n) is 2.69. The van der Waals surface area contributed by atoms with Crippen LogP contribution in [0.1, 0.15) is 21.7 Å². The summed E-state index contributed by atoms with van der Waals surface area (Å²) in [6.07, 6.45) is 0.363. The summed E-state index contributed by atoms with van der Waals surface area (Å²) < 4.78 is 2.67. The van der Waals surface area contributed by atoms with Gasteiger partial charge >= 0.3 is 0 Å². The molecular formula is C13H13BrN2O. The zero-order valence-electron chi connectivity index (χ0n) is 9.77. The van der Waals surface area contributed by atoms with Gasteiger partial charge < -0.3 is 0 Å². The maximum absolute atomic E-state index is 12.1. The molecule has 0 saturated heterocycles. The molecule has 4 heteroatoms. The summed E-state index contributed by atoms with van der Waals surface area (Å²) in [6.45, 7) is 1.92. The van der Waals surface area contributed by atoms with Crippen LogP contribution < -0.4 is 0 Å². The SMILES string of the molecule is Cc1nn(C)c(CC(=O)c2ccccc2)c1Br. The van der Waals surface area contributed by atoms with E-state index in [2.05, 4.69) is 21.0 Å². The molecule has 0 aliphatic carbocycles. The number of hydrogen-bond donors (Lipinski definition) is 0. The van der Waals surface area contributed by atoms with Gasteiger partial charge in [-0.05, 0) is 22.9 Å². The van der Waals surface area contributed by atoms with Crippen LogP contribution in [0.15, 0.2) is 34.8 Å². The quantitative estimate of drug-likeness (QED) is 0.816. The van der Waals surface area contributed by atoms with Crippen LogP contribution in [0.2, 0.25) is 0 Å². The second kappa shape index (κ2) is 4.84. The fraction of sp³-hybridized carbons (Fsp3) is 0.231. The molecule has 0 aliphatic rings. The van der Waals surface area contributed by atoms with E-state index in [9.17, 15) is 4.79 Å². The van der Waals surface area contributed by atoms with Crippen molar-refractivity contribution in [2.45, 2.75) is 13.3 Å². The van der Waals surface area contributed by atoms with Gasteiger partial charge in [0.1, 0.15) is 0 Å². The normalized spacial score (nSPS) is 10.5. The highest BCUT2D eigenvalue weighted by atomic mass is 79.9. The Hall–Kier alpha value is -1.42. The van der Waals surface area contributed by atoms with Crippen molar-refractivity contribution < 1.29 is 4.79 Å². The van der Waals surface area contributed by atoms with Crippen LogP contribution in [0.4, 0.5) is 0 Å². The molecule has 0 N–H and O–H groups in total. The van der Waals surface area contributed by atoms with Crippen LogP contribution >= 0.6 is 15.9 Å². The third kappa shape index (κ3) is 2.47. The second-order valence-electron chi connectivity index (χ2n) is 3.94. The van der Waals surface area contributed by atoms with Crippen LogP contribution in [0.3, 0.4) is 0 Å². The van der Waals surface area contributed by atoms with Gasteiger partial charge in [-0.2, -0.15) is 5.10 Å². The Kier molecular flexibility index (Phi) is 3.43. The van der Waals surface area contributed by atoms with Gasteiger partial charge in [-0.15, -0.1) is 0 Å². The summed E-state index contributed by atoms with van der Waals surface area (Å²) in [7, 11) is 1.85. The highest BCUT2D eigenvalue weighted by Gasteiger charge is 2.15. The molecule has 0 radical (unpaired) electrons. The van der Waals surface area contributed by atoms with Crippen molar-refractivity contribution in [2.75, 3.05) is 0 Å². The van der Waals surface area contributed by atoms with E-state index in [1.165, 1.54) is 0 Å². The minimum atomic E-state index is 0.106. The number of carbonyl (C=O) groups excluding carboxylic acids is 1. The van der Waals surface area contributed by atoms with E-state index in [0.717, 1.165) is 21.4 Å². The number of halogens is 1. The van der Waals surface area contributed by atoms with E-state index in [0.29, 0.717) is 6.42 Å². The molecule has 2 aromatic rings. The Balaban J connectivity index is 2.25. The van der Waals surface area contributed by atoms with Gasteiger partial charge in [0.25, 0.3) is 0 Å². The van der Waals surface area contributed by atoms with Crippen molar-refractivity contribution in [3.05, 3.63) is 51.8 Å². The maximum atomic E-state index is 12.1. The molecule has 0 fully saturated rings. The summed E-state index contributed by atoms with van der Waals surface area (Å²) in [4.78, 5) is 12.1. The minimum Gasteiger partial charge on any atom is -0.294 e. The second-order valence-corrected chi connectivity index (χ2v) is 4.73. The average molecular weight is 293 g/mol. The average Bonchev–Trinajstić information content (AvgIpc) is 2.57. The smallest absolute Gasteiger partial charge is 0.168 e. The Morgan fingerprint density at radius 1 is 1.35 bits per heavy atom. The molecule has 0 atom stereocenters. The zero-order chi connectivity index (χ0) is 12.4. The largest absolute Gasteiger partial charge is 0.294 e. The Bertz CT molecular complexity index is 546. The van der Waals surface area contributed by atoms with Crippen LogP contribution in [0.5, 0.6) is 0 Å². The molecule has 2 rings (SSSR count). The van der Waals surface area contributed by atoms with Crippen LogP contribution in [0, 0.1) is 6.92 Å². The number of rotatable bonds is 3. The van der Waals surface area contributed by atoms with Gasteiger partial charge in [0.2, 0.25) is 0 Å². The predicted octanol–water partition coefficient (Wildman–Crippen LogP) is 2.92. The van der Waals surface area contributed by atoms with E-state index < -0.39 is 0 Å². The van der Waals surface area contributed by atoms with Gasteiger partial charge in [0.15, 0.2) is 5.78 Å². The molecule has 0 bridgehead atoms. The van der Waals surface area contributed by atoms with E-state index in [-0.39, 0.29) is 5.78 Å². The molecule has 88 valence electrons. The summed E-state index contributed by atoms with van der Waals surface area (Å²) in [5, 5.41) is 4.27. The first-order valence-corrected chi connectivity index (χ1v) is 6.15. The molecule has 1 aromatic heterocycles. The van der Waals surface area contributed by atoms with Crippen molar-refractivity contribution in [1.82, 2.24) is 9.78 Å². The standard InChI is InChI=1S/C13H13BrN2O/c1-9-13(14)11(16(2)15-9)8-12(17)10-6-4-3-5-7-10/h3-7H,8H2,1-2H3. The Morgan fingerprint density at radius 3 is 2.53 bits per heavy atom. The molecule has 0 spiro atoms. The first-order valence-electron chi connectivity index (χ1n) is 5.36. The fourth-order valence-electron chi connectivity index (χ4n) is 1.75. The number of benzene rings is 1. The number of aryl methyl sites for hydroxylation is 2. The summed E-state index contributed by atoms with van der Waals surface area (Å²) >= 11 is 3.47. The number of carbonyl (C=O) groups is 1. The van der Waals surface area contributed by atoms with E-state index in [1.54, 1.807) is 4.68 Å². The monoisotopic (exact) mass is 292 g/mol. The maximum Gasteiger partial charge on any atom is 0.168 e. The molecule has 0 saturated carbocycles. The summed E-state index contributed by atoms with van der Waals surface area (Å²) in [5.74, 6) is 0.106. The Morgan fingerprint density at radius 2 is 2.00 bits per heavy atom. The molecule has 1 heterocycles. The zero-order valence-corrected chi connectivity index (χ0v) is 11.4. The topological polar surface area (TPSA) is 34.9 Å². The van der Waals surface area contributed by atoms with Gasteiger partial charge in [-0.25, -0.2) is 0 Å². The molecule has 0 unspecified atom stereocenters. The van der Waals surface area contributed by atoms with Crippen LogP contribution in [0.25, 0.3) is 0 Å². The van der Waals surface area contributed by atoms with Crippen molar-refractivity contribution in [1.29, 1.82) is 0 Å². The summed E-state index contributed by atoms with van der Waals surface area (Å²) in [5.41, 5.74) is 2.55. The number of hydrogen-bond acceptors (Lipinski definition) is 2. The Labute approximate surface area is 109 Å². The third-order valence-corrected chi connectivity index (χ3v) is 3.72. The van der Waals surface area contributed by atoms with Gasteiger partial charge in [-0.3, -0.25) is 9.48 Å².